The second kappa shape index (κ2) is 5.84. The number of aliphatic hydroxyl groups excluding tert-OH is 1. The lowest BCUT2D eigenvalue weighted by molar-refractivity contribution is 0.0636. The lowest BCUT2D eigenvalue weighted by Gasteiger charge is -2.20. The summed E-state index contributed by atoms with van der Waals surface area (Å²) in [6.07, 6.45) is -1.26. The molecule has 0 heterocycles. The minimum Gasteiger partial charge on any atom is -0.444 e. The van der Waals surface area contributed by atoms with E-state index in [-0.39, 0.29) is 6.54 Å². The van der Waals surface area contributed by atoms with Gasteiger partial charge in [0.05, 0.1) is 6.10 Å². The van der Waals surface area contributed by atoms with Gasteiger partial charge in [0.2, 0.25) is 0 Å². The van der Waals surface area contributed by atoms with Crippen molar-refractivity contribution in [3.8, 4) is 0 Å². The topological polar surface area (TPSA) is 84.6 Å². The number of hydrogen-bond donors (Lipinski definition) is 3. The van der Waals surface area contributed by atoms with Gasteiger partial charge in [-0.3, -0.25) is 5.32 Å². The molecule has 1 aromatic carbocycles. The molecule has 4 N–H and O–H groups in total. The van der Waals surface area contributed by atoms with Crippen LogP contribution in [0, 0.1) is 0 Å². The van der Waals surface area contributed by atoms with E-state index in [2.05, 4.69) is 5.32 Å². The predicted molar refractivity (Wildman–Crippen MR) is 70.3 cm³/mol. The Labute approximate surface area is 107 Å². The molecule has 0 aliphatic carbocycles. The first kappa shape index (κ1) is 14.5. The van der Waals surface area contributed by atoms with E-state index >= 15 is 0 Å². The summed E-state index contributed by atoms with van der Waals surface area (Å²) in [6, 6.07) is 6.87. The molecule has 0 aliphatic rings. The molecular weight excluding hydrogens is 232 g/mol. The summed E-state index contributed by atoms with van der Waals surface area (Å²) in [6.45, 7) is 5.51. The van der Waals surface area contributed by atoms with E-state index in [9.17, 15) is 9.90 Å². The first-order chi connectivity index (χ1) is 8.31. The van der Waals surface area contributed by atoms with E-state index in [1.807, 2.05) is 0 Å². The van der Waals surface area contributed by atoms with Gasteiger partial charge in [0, 0.05) is 12.2 Å². The van der Waals surface area contributed by atoms with E-state index in [1.54, 1.807) is 45.0 Å². The Bertz CT molecular complexity index is 413. The van der Waals surface area contributed by atoms with E-state index in [1.165, 1.54) is 0 Å². The Hall–Kier alpha value is -1.59. The quantitative estimate of drug-likeness (QED) is 0.768. The third-order valence-corrected chi connectivity index (χ3v) is 2.14. The summed E-state index contributed by atoms with van der Waals surface area (Å²) < 4.78 is 5.13. The maximum Gasteiger partial charge on any atom is 0.412 e. The smallest absolute Gasteiger partial charge is 0.412 e. The second-order valence-electron chi connectivity index (χ2n) is 5.00. The summed E-state index contributed by atoms with van der Waals surface area (Å²) in [5.74, 6) is 0. The number of anilines is 1. The van der Waals surface area contributed by atoms with E-state index in [4.69, 9.17) is 10.5 Å². The summed E-state index contributed by atoms with van der Waals surface area (Å²) >= 11 is 0. The summed E-state index contributed by atoms with van der Waals surface area (Å²) in [5, 5.41) is 12.2. The van der Waals surface area contributed by atoms with Gasteiger partial charge in [-0.15, -0.1) is 0 Å². The van der Waals surface area contributed by atoms with E-state index < -0.39 is 17.8 Å². The van der Waals surface area contributed by atoms with Crippen LogP contribution in [-0.2, 0) is 4.74 Å². The fourth-order valence-electron chi connectivity index (χ4n) is 1.38. The van der Waals surface area contributed by atoms with Gasteiger partial charge in [-0.05, 0) is 38.5 Å². The Morgan fingerprint density at radius 2 is 2.17 bits per heavy atom. The SMILES string of the molecule is CC(C)(C)OC(=O)Nc1cccc([C@H](O)CN)c1. The van der Waals surface area contributed by atoms with Crippen LogP contribution in [0.3, 0.4) is 0 Å². The third-order valence-electron chi connectivity index (χ3n) is 2.14. The monoisotopic (exact) mass is 252 g/mol. The minimum atomic E-state index is -0.731. The maximum absolute atomic E-state index is 11.6. The Morgan fingerprint density at radius 1 is 1.50 bits per heavy atom. The van der Waals surface area contributed by atoms with Crippen LogP contribution < -0.4 is 11.1 Å². The number of amides is 1. The minimum absolute atomic E-state index is 0.135. The number of ether oxygens (including phenoxy) is 1. The fourth-order valence-corrected chi connectivity index (χ4v) is 1.38. The lowest BCUT2D eigenvalue weighted by atomic mass is 10.1. The average molecular weight is 252 g/mol. The Morgan fingerprint density at radius 3 is 2.72 bits per heavy atom. The molecule has 0 radical (unpaired) electrons. The molecule has 0 aliphatic heterocycles. The maximum atomic E-state index is 11.6. The number of carbonyl (C=O) groups excluding carboxylic acids is 1. The summed E-state index contributed by atoms with van der Waals surface area (Å²) in [7, 11) is 0. The van der Waals surface area contributed by atoms with Gasteiger partial charge in [-0.1, -0.05) is 12.1 Å². The van der Waals surface area contributed by atoms with Crippen molar-refractivity contribution in [3.63, 3.8) is 0 Å². The van der Waals surface area contributed by atoms with Crippen LogP contribution in [0.15, 0.2) is 24.3 Å². The molecule has 5 nitrogen and oxygen atoms in total. The summed E-state index contributed by atoms with van der Waals surface area (Å²) in [5.41, 5.74) is 6.06. The van der Waals surface area contributed by atoms with Crippen LogP contribution in [0.4, 0.5) is 10.5 Å². The van der Waals surface area contributed by atoms with Gasteiger partial charge in [-0.25, -0.2) is 4.79 Å². The van der Waals surface area contributed by atoms with Crippen molar-refractivity contribution in [1.29, 1.82) is 0 Å². The zero-order valence-corrected chi connectivity index (χ0v) is 10.9. The molecule has 0 spiro atoms. The molecule has 1 rings (SSSR count). The largest absolute Gasteiger partial charge is 0.444 e. The number of hydrogen-bond acceptors (Lipinski definition) is 4. The van der Waals surface area contributed by atoms with Crippen molar-refractivity contribution in [2.45, 2.75) is 32.5 Å². The molecule has 100 valence electrons. The molecule has 0 fully saturated rings. The molecule has 0 aromatic heterocycles. The van der Waals surface area contributed by atoms with Crippen molar-refractivity contribution in [2.24, 2.45) is 5.73 Å². The Balaban J connectivity index is 2.71. The molecule has 5 heteroatoms. The van der Waals surface area contributed by atoms with Crippen LogP contribution in [0.1, 0.15) is 32.4 Å². The number of rotatable bonds is 3. The van der Waals surface area contributed by atoms with Gasteiger partial charge in [0.1, 0.15) is 5.60 Å². The number of benzene rings is 1. The highest BCUT2D eigenvalue weighted by Crippen LogP contribution is 2.17. The zero-order chi connectivity index (χ0) is 13.8. The molecule has 1 atom stereocenters. The second-order valence-corrected chi connectivity index (χ2v) is 5.00. The average Bonchev–Trinajstić information content (AvgIpc) is 2.25. The number of nitrogens with one attached hydrogen (secondary N) is 1. The van der Waals surface area contributed by atoms with Gasteiger partial charge in [0.15, 0.2) is 0 Å². The van der Waals surface area contributed by atoms with Crippen molar-refractivity contribution >= 4 is 11.8 Å². The fraction of sp³-hybridized carbons (Fsp3) is 0.462. The molecular formula is C13H20N2O3. The van der Waals surface area contributed by atoms with Crippen LogP contribution in [0.5, 0.6) is 0 Å². The van der Waals surface area contributed by atoms with E-state index in [0.717, 1.165) is 0 Å². The zero-order valence-electron chi connectivity index (χ0n) is 10.9. The standard InChI is InChI=1S/C13H20N2O3/c1-13(2,3)18-12(17)15-10-6-4-5-9(7-10)11(16)8-14/h4-7,11,16H,8,14H2,1-3H3,(H,15,17)/t11-/m1/s1. The highest BCUT2D eigenvalue weighted by atomic mass is 16.6. The predicted octanol–water partition coefficient (Wildman–Crippen LogP) is 2.03. The molecule has 1 amide bonds. The van der Waals surface area contributed by atoms with Crippen molar-refractivity contribution in [1.82, 2.24) is 0 Å². The Kier molecular flexibility index (Phi) is 4.69. The summed E-state index contributed by atoms with van der Waals surface area (Å²) in [4.78, 5) is 11.6. The molecule has 18 heavy (non-hydrogen) atoms. The first-order valence-electron chi connectivity index (χ1n) is 5.80. The highest BCUT2D eigenvalue weighted by Gasteiger charge is 2.16. The van der Waals surface area contributed by atoms with E-state index in [0.29, 0.717) is 11.3 Å². The van der Waals surface area contributed by atoms with Gasteiger partial charge >= 0.3 is 6.09 Å². The highest BCUT2D eigenvalue weighted by molar-refractivity contribution is 5.84. The van der Waals surface area contributed by atoms with Crippen LogP contribution >= 0.6 is 0 Å². The van der Waals surface area contributed by atoms with Crippen LogP contribution in [0.25, 0.3) is 0 Å². The number of nitrogens with two attached hydrogens (primary N) is 1. The number of carbonyl (C=O) groups is 1. The van der Waals surface area contributed by atoms with Crippen molar-refractivity contribution in [3.05, 3.63) is 29.8 Å². The van der Waals surface area contributed by atoms with Crippen LogP contribution in [-0.4, -0.2) is 23.3 Å². The van der Waals surface area contributed by atoms with Crippen LogP contribution in [0.2, 0.25) is 0 Å². The van der Waals surface area contributed by atoms with Gasteiger partial charge < -0.3 is 15.6 Å². The molecule has 0 bridgehead atoms. The molecule has 0 saturated heterocycles. The third kappa shape index (κ3) is 4.73. The van der Waals surface area contributed by atoms with Gasteiger partial charge in [0.25, 0.3) is 0 Å². The molecule has 1 aromatic rings. The first-order valence-corrected chi connectivity index (χ1v) is 5.80. The van der Waals surface area contributed by atoms with Crippen molar-refractivity contribution < 1.29 is 14.6 Å². The molecule has 0 unspecified atom stereocenters. The van der Waals surface area contributed by atoms with Crippen molar-refractivity contribution in [2.75, 3.05) is 11.9 Å². The molecule has 0 saturated carbocycles. The normalized spacial score (nSPS) is 12.9. The lowest BCUT2D eigenvalue weighted by Crippen LogP contribution is -2.27. The van der Waals surface area contributed by atoms with Gasteiger partial charge in [-0.2, -0.15) is 0 Å². The number of aliphatic hydroxyl groups is 1.